The van der Waals surface area contributed by atoms with Crippen LogP contribution in [0.3, 0.4) is 0 Å². The van der Waals surface area contributed by atoms with Crippen LogP contribution in [0.5, 0.6) is 0 Å². The molecule has 4 aliphatic rings. The van der Waals surface area contributed by atoms with Crippen molar-refractivity contribution < 1.29 is 39.2 Å². The van der Waals surface area contributed by atoms with Gasteiger partial charge in [0.05, 0.1) is 12.2 Å². The van der Waals surface area contributed by atoms with Gasteiger partial charge in [0.2, 0.25) is 0 Å². The maximum atomic E-state index is 13.5. The van der Waals surface area contributed by atoms with Crippen LogP contribution >= 0.6 is 0 Å². The lowest BCUT2D eigenvalue weighted by Crippen LogP contribution is -2.66. The maximum Gasteiger partial charge on any atom is 0.333 e. The van der Waals surface area contributed by atoms with E-state index in [1.807, 2.05) is 13.8 Å². The zero-order chi connectivity index (χ0) is 32.0. The first-order chi connectivity index (χ1) is 20.2. The summed E-state index contributed by atoms with van der Waals surface area (Å²) in [6.45, 7) is 12.4. The second-order valence-corrected chi connectivity index (χ2v) is 14.1. The Balaban J connectivity index is 1.73. The van der Waals surface area contributed by atoms with E-state index < -0.39 is 63.7 Å². The molecule has 8 unspecified atom stereocenters. The van der Waals surface area contributed by atoms with Crippen molar-refractivity contribution in [3.8, 4) is 0 Å². The molecule has 0 aromatic rings. The van der Waals surface area contributed by atoms with Crippen LogP contribution in [0.4, 0.5) is 0 Å². The minimum atomic E-state index is -1.95. The van der Waals surface area contributed by atoms with Gasteiger partial charge in [-0.05, 0) is 38.3 Å². The molecule has 0 saturated heterocycles. The lowest BCUT2D eigenvalue weighted by Gasteiger charge is -2.53. The lowest BCUT2D eigenvalue weighted by molar-refractivity contribution is -0.227. The molecule has 2 saturated carbocycles. The molecule has 0 radical (unpaired) electrons. The van der Waals surface area contributed by atoms with Gasteiger partial charge in [-0.3, -0.25) is 9.59 Å². The summed E-state index contributed by atoms with van der Waals surface area (Å²) in [5.41, 5.74) is -4.46. The van der Waals surface area contributed by atoms with Gasteiger partial charge in [0, 0.05) is 47.5 Å². The predicted octanol–water partition coefficient (Wildman–Crippen LogP) is 5.14. The van der Waals surface area contributed by atoms with Gasteiger partial charge < -0.3 is 24.8 Å². The molecule has 4 aliphatic carbocycles. The molecule has 3 N–H and O–H groups in total. The third kappa shape index (κ3) is 5.25. The summed E-state index contributed by atoms with van der Waals surface area (Å²) in [7, 11) is 0. The largest absolute Gasteiger partial charge is 0.454 e. The summed E-state index contributed by atoms with van der Waals surface area (Å²) in [4.78, 5) is 40.0. The Kier molecular flexibility index (Phi) is 9.57. The van der Waals surface area contributed by atoms with Crippen LogP contribution in [-0.2, 0) is 23.9 Å². The minimum absolute atomic E-state index is 0.118. The van der Waals surface area contributed by atoms with Crippen LogP contribution in [0.1, 0.15) is 106 Å². The molecular formula is C35H52O8. The van der Waals surface area contributed by atoms with Gasteiger partial charge in [-0.15, -0.1) is 0 Å². The highest BCUT2D eigenvalue weighted by atomic mass is 16.6. The molecular weight excluding hydrogens is 548 g/mol. The third-order valence-electron chi connectivity index (χ3n) is 11.2. The number of rotatable bonds is 12. The molecule has 8 atom stereocenters. The number of unbranched alkanes of at least 4 members (excludes halogenated alkanes) is 6. The van der Waals surface area contributed by atoms with Crippen LogP contribution in [0.25, 0.3) is 0 Å². The Bertz CT molecular complexity index is 1210. The number of aliphatic hydroxyl groups excluding tert-OH is 1. The standard InChI is InChI=1S/C35H52O8/c1-8-10-11-12-13-14-15-16-27(37)43-35-28(32(35,6)7)25-18-24(20-36)19-33(40)26(17-22(4)29(33)38)34(25,41)23(5)30(35)42-31(39)21(3)9-2/h9,17-18,23,25-26,28,30,36,40-41H,8,10-16,19-20H2,1-7H3/b21-9+. The highest BCUT2D eigenvalue weighted by Crippen LogP contribution is 2.77. The monoisotopic (exact) mass is 600 g/mol. The van der Waals surface area contributed by atoms with E-state index >= 15 is 0 Å². The van der Waals surface area contributed by atoms with Gasteiger partial charge in [-0.2, -0.15) is 0 Å². The van der Waals surface area contributed by atoms with E-state index in [1.165, 1.54) is 19.3 Å². The number of carbonyl (C=O) groups excluding carboxylic acids is 3. The average molecular weight is 601 g/mol. The molecule has 0 aromatic heterocycles. The van der Waals surface area contributed by atoms with Crippen molar-refractivity contribution in [2.24, 2.45) is 29.1 Å². The van der Waals surface area contributed by atoms with Gasteiger partial charge in [-0.1, -0.05) is 84.4 Å². The molecule has 0 aromatic carbocycles. The molecule has 8 heteroatoms. The molecule has 0 amide bonds. The first-order valence-corrected chi connectivity index (χ1v) is 16.2. The molecule has 0 heterocycles. The van der Waals surface area contributed by atoms with Gasteiger partial charge in [0.25, 0.3) is 0 Å². The zero-order valence-corrected chi connectivity index (χ0v) is 27.1. The quantitative estimate of drug-likeness (QED) is 0.122. The van der Waals surface area contributed by atoms with Gasteiger partial charge >= 0.3 is 11.9 Å². The smallest absolute Gasteiger partial charge is 0.333 e. The summed E-state index contributed by atoms with van der Waals surface area (Å²) in [5, 5.41) is 35.0. The number of allylic oxidation sites excluding steroid dienone is 1. The van der Waals surface area contributed by atoms with Gasteiger partial charge in [0.1, 0.15) is 11.7 Å². The Morgan fingerprint density at radius 3 is 2.30 bits per heavy atom. The highest BCUT2D eigenvalue weighted by Gasteiger charge is 2.88. The highest BCUT2D eigenvalue weighted by molar-refractivity contribution is 6.04. The van der Waals surface area contributed by atoms with E-state index in [4.69, 9.17) is 9.47 Å². The Morgan fingerprint density at radius 2 is 1.70 bits per heavy atom. The molecule has 240 valence electrons. The minimum Gasteiger partial charge on any atom is -0.454 e. The molecule has 43 heavy (non-hydrogen) atoms. The second-order valence-electron chi connectivity index (χ2n) is 14.1. The van der Waals surface area contributed by atoms with E-state index in [9.17, 15) is 29.7 Å². The number of Topliss-reactive ketones (excluding diaryl/α,β-unsaturated/α-hetero) is 1. The molecule has 8 nitrogen and oxygen atoms in total. The number of aliphatic hydroxyl groups is 3. The number of carbonyl (C=O) groups is 3. The predicted molar refractivity (Wildman–Crippen MR) is 163 cm³/mol. The maximum absolute atomic E-state index is 13.5. The van der Waals surface area contributed by atoms with E-state index in [0.717, 1.165) is 19.3 Å². The van der Waals surface area contributed by atoms with Crippen molar-refractivity contribution in [1.82, 2.24) is 0 Å². The number of hydrogen-bond donors (Lipinski definition) is 3. The molecule has 0 aliphatic heterocycles. The van der Waals surface area contributed by atoms with Crippen molar-refractivity contribution in [3.63, 3.8) is 0 Å². The second kappa shape index (κ2) is 12.2. The zero-order valence-electron chi connectivity index (χ0n) is 27.1. The Labute approximate surface area is 256 Å². The van der Waals surface area contributed by atoms with Crippen molar-refractivity contribution >= 4 is 17.7 Å². The Morgan fingerprint density at radius 1 is 1.07 bits per heavy atom. The van der Waals surface area contributed by atoms with Crippen LogP contribution < -0.4 is 0 Å². The van der Waals surface area contributed by atoms with E-state index in [2.05, 4.69) is 6.92 Å². The summed E-state index contributed by atoms with van der Waals surface area (Å²) in [6.07, 6.45) is 11.6. The average Bonchev–Trinajstić information content (AvgIpc) is 3.39. The van der Waals surface area contributed by atoms with Crippen molar-refractivity contribution in [1.29, 1.82) is 0 Å². The van der Waals surface area contributed by atoms with Crippen molar-refractivity contribution in [2.75, 3.05) is 6.61 Å². The number of hydrogen-bond acceptors (Lipinski definition) is 8. The van der Waals surface area contributed by atoms with Crippen LogP contribution in [0.15, 0.2) is 34.9 Å². The fraction of sp³-hybridized carbons (Fsp3) is 0.743. The first-order valence-electron chi connectivity index (χ1n) is 16.2. The number of fused-ring (bicyclic) bond motifs is 5. The summed E-state index contributed by atoms with van der Waals surface area (Å²) in [5.74, 6) is -4.44. The SMILES string of the molecule is C/C=C(\C)C(=O)OC1C(C)C2(O)C(C=C(CO)CC3(O)C(=O)C(C)=CC32)C2C(C)(C)C12OC(=O)CCCCCCCCC. The fourth-order valence-electron chi connectivity index (χ4n) is 8.62. The third-order valence-corrected chi connectivity index (χ3v) is 11.2. The van der Waals surface area contributed by atoms with E-state index in [1.54, 1.807) is 45.9 Å². The number of ketones is 1. The molecule has 0 spiro atoms. The van der Waals surface area contributed by atoms with Crippen LogP contribution in [0.2, 0.25) is 0 Å². The fourth-order valence-corrected chi connectivity index (χ4v) is 8.62. The summed E-state index contributed by atoms with van der Waals surface area (Å²) < 4.78 is 12.6. The summed E-state index contributed by atoms with van der Waals surface area (Å²) in [6, 6.07) is 0. The normalized spacial score (nSPS) is 37.8. The number of esters is 2. The van der Waals surface area contributed by atoms with Gasteiger partial charge in [-0.25, -0.2) is 4.79 Å². The van der Waals surface area contributed by atoms with Crippen molar-refractivity contribution in [2.45, 2.75) is 129 Å². The van der Waals surface area contributed by atoms with Crippen LogP contribution in [-0.4, -0.2) is 62.6 Å². The van der Waals surface area contributed by atoms with Gasteiger partial charge in [0.15, 0.2) is 11.4 Å². The topological polar surface area (TPSA) is 130 Å². The van der Waals surface area contributed by atoms with Crippen LogP contribution in [0, 0.1) is 29.1 Å². The first kappa shape index (κ1) is 33.6. The van der Waals surface area contributed by atoms with E-state index in [0.29, 0.717) is 23.1 Å². The van der Waals surface area contributed by atoms with Crippen molar-refractivity contribution in [3.05, 3.63) is 34.9 Å². The number of ether oxygens (including phenoxy) is 2. The summed E-state index contributed by atoms with van der Waals surface area (Å²) >= 11 is 0. The molecule has 0 bridgehead atoms. The Hall–Kier alpha value is -2.29. The molecule has 2 fully saturated rings. The molecule has 4 rings (SSSR count). The van der Waals surface area contributed by atoms with E-state index in [-0.39, 0.29) is 25.4 Å². The lowest BCUT2D eigenvalue weighted by atomic mass is 9.59.